The van der Waals surface area contributed by atoms with Crippen LogP contribution in [0, 0.1) is 0 Å². The Labute approximate surface area is 124 Å². The van der Waals surface area contributed by atoms with Crippen LogP contribution >= 0.6 is 11.3 Å². The smallest absolute Gasteiger partial charge is 0.346 e. The molecule has 2 rings (SSSR count). The first-order valence-electron chi connectivity index (χ1n) is 7.08. The summed E-state index contributed by atoms with van der Waals surface area (Å²) in [5.41, 5.74) is 5.84. The minimum absolute atomic E-state index is 0.443. The molecule has 1 heterocycles. The molecule has 106 valence electrons. The molecule has 3 heteroatoms. The number of thiophene rings is 1. The molecular weight excluding hydrogens is 268 g/mol. The number of carboxylic acid groups (broad SMARTS) is 1. The van der Waals surface area contributed by atoms with Gasteiger partial charge in [0.25, 0.3) is 0 Å². The van der Waals surface area contributed by atoms with Crippen LogP contribution in [0.5, 0.6) is 0 Å². The number of rotatable bonds is 5. The molecule has 1 N–H and O–H groups in total. The number of carbonyl (C=O) groups is 1. The van der Waals surface area contributed by atoms with E-state index in [9.17, 15) is 9.90 Å². The van der Waals surface area contributed by atoms with Crippen molar-refractivity contribution in [3.8, 4) is 11.1 Å². The molecule has 1 aromatic carbocycles. The molecule has 0 bridgehead atoms. The molecule has 2 nitrogen and oxygen atoms in total. The first-order chi connectivity index (χ1) is 9.62. The lowest BCUT2D eigenvalue weighted by atomic mass is 9.89. The van der Waals surface area contributed by atoms with Crippen LogP contribution in [0.15, 0.2) is 23.6 Å². The molecule has 0 saturated heterocycles. The molecule has 0 fully saturated rings. The number of benzene rings is 1. The summed E-state index contributed by atoms with van der Waals surface area (Å²) in [5.74, 6) is -0.835. The zero-order valence-electron chi connectivity index (χ0n) is 12.2. The zero-order chi connectivity index (χ0) is 14.7. The van der Waals surface area contributed by atoms with Crippen molar-refractivity contribution in [3.05, 3.63) is 45.1 Å². The lowest BCUT2D eigenvalue weighted by Gasteiger charge is -2.15. The summed E-state index contributed by atoms with van der Waals surface area (Å²) in [6.45, 7) is 6.41. The molecule has 0 aliphatic carbocycles. The maximum atomic E-state index is 11.4. The van der Waals surface area contributed by atoms with Crippen molar-refractivity contribution in [2.24, 2.45) is 0 Å². The highest BCUT2D eigenvalue weighted by Gasteiger charge is 2.18. The average Bonchev–Trinajstić information content (AvgIpc) is 2.94. The van der Waals surface area contributed by atoms with Crippen molar-refractivity contribution in [1.29, 1.82) is 0 Å². The molecule has 2 aromatic rings. The Kier molecular flexibility index (Phi) is 4.61. The van der Waals surface area contributed by atoms with Crippen molar-refractivity contribution in [3.63, 3.8) is 0 Å². The standard InChI is InChI=1S/C17H20O2S/c1-4-11-9-12(5-2)15(13(6-3)10-11)14-7-8-20-16(14)17(18)19/h7-10H,4-6H2,1-3H3,(H,18,19). The van der Waals surface area contributed by atoms with Gasteiger partial charge in [0.15, 0.2) is 0 Å². The van der Waals surface area contributed by atoms with Gasteiger partial charge < -0.3 is 5.11 Å². The van der Waals surface area contributed by atoms with Gasteiger partial charge in [-0.1, -0.05) is 32.9 Å². The van der Waals surface area contributed by atoms with Crippen LogP contribution in [-0.4, -0.2) is 11.1 Å². The SMILES string of the molecule is CCc1cc(CC)c(-c2ccsc2C(=O)O)c(CC)c1. The minimum atomic E-state index is -0.835. The maximum absolute atomic E-state index is 11.4. The topological polar surface area (TPSA) is 37.3 Å². The van der Waals surface area contributed by atoms with Crippen molar-refractivity contribution in [2.75, 3.05) is 0 Å². The Hall–Kier alpha value is -1.61. The van der Waals surface area contributed by atoms with Crippen LogP contribution in [0.1, 0.15) is 47.1 Å². The largest absolute Gasteiger partial charge is 0.477 e. The van der Waals surface area contributed by atoms with Gasteiger partial charge in [-0.15, -0.1) is 11.3 Å². The highest BCUT2D eigenvalue weighted by Crippen LogP contribution is 2.35. The lowest BCUT2D eigenvalue weighted by molar-refractivity contribution is 0.0703. The summed E-state index contributed by atoms with van der Waals surface area (Å²) in [6.07, 6.45) is 2.85. The Morgan fingerprint density at radius 1 is 1.10 bits per heavy atom. The average molecular weight is 288 g/mol. The first kappa shape index (κ1) is 14.8. The van der Waals surface area contributed by atoms with Gasteiger partial charge in [0.1, 0.15) is 4.88 Å². The number of carboxylic acids is 1. The van der Waals surface area contributed by atoms with Crippen LogP contribution in [0.25, 0.3) is 11.1 Å². The molecule has 0 radical (unpaired) electrons. The van der Waals surface area contributed by atoms with Gasteiger partial charge in [-0.3, -0.25) is 0 Å². The van der Waals surface area contributed by atoms with Crippen LogP contribution in [-0.2, 0) is 19.3 Å². The van der Waals surface area contributed by atoms with E-state index in [1.165, 1.54) is 28.0 Å². The fraction of sp³-hybridized carbons (Fsp3) is 0.353. The highest BCUT2D eigenvalue weighted by atomic mass is 32.1. The predicted octanol–water partition coefficient (Wildman–Crippen LogP) is 4.80. The van der Waals surface area contributed by atoms with E-state index in [1.54, 1.807) is 0 Å². The van der Waals surface area contributed by atoms with Crippen LogP contribution in [0.4, 0.5) is 0 Å². The van der Waals surface area contributed by atoms with Crippen molar-refractivity contribution < 1.29 is 9.90 Å². The monoisotopic (exact) mass is 288 g/mol. The highest BCUT2D eigenvalue weighted by molar-refractivity contribution is 7.12. The third-order valence-electron chi connectivity index (χ3n) is 3.66. The fourth-order valence-corrected chi connectivity index (χ4v) is 3.36. The lowest BCUT2D eigenvalue weighted by Crippen LogP contribution is -2.01. The second kappa shape index (κ2) is 6.23. The van der Waals surface area contributed by atoms with E-state index in [4.69, 9.17) is 0 Å². The van der Waals surface area contributed by atoms with E-state index in [-0.39, 0.29) is 0 Å². The molecule has 0 aliphatic heterocycles. The van der Waals surface area contributed by atoms with Crippen molar-refractivity contribution in [1.82, 2.24) is 0 Å². The number of aromatic carboxylic acids is 1. The molecule has 0 unspecified atom stereocenters. The maximum Gasteiger partial charge on any atom is 0.346 e. The summed E-state index contributed by atoms with van der Waals surface area (Å²) in [6, 6.07) is 6.38. The second-order valence-corrected chi connectivity index (χ2v) is 5.73. The van der Waals surface area contributed by atoms with Crippen LogP contribution in [0.2, 0.25) is 0 Å². The van der Waals surface area contributed by atoms with Gasteiger partial charge in [0, 0.05) is 5.56 Å². The summed E-state index contributed by atoms with van der Waals surface area (Å²) >= 11 is 1.30. The molecule has 0 atom stereocenters. The number of aryl methyl sites for hydroxylation is 3. The number of hydrogen-bond acceptors (Lipinski definition) is 2. The number of hydrogen-bond donors (Lipinski definition) is 1. The zero-order valence-corrected chi connectivity index (χ0v) is 13.0. The Morgan fingerprint density at radius 3 is 2.15 bits per heavy atom. The Bertz CT molecular complexity index is 601. The molecule has 20 heavy (non-hydrogen) atoms. The van der Waals surface area contributed by atoms with Gasteiger partial charge in [-0.05, 0) is 53.0 Å². The van der Waals surface area contributed by atoms with E-state index in [1.807, 2.05) is 11.4 Å². The van der Waals surface area contributed by atoms with Gasteiger partial charge in [-0.2, -0.15) is 0 Å². The predicted molar refractivity (Wildman–Crippen MR) is 84.8 cm³/mol. The van der Waals surface area contributed by atoms with Crippen molar-refractivity contribution >= 4 is 17.3 Å². The normalized spacial score (nSPS) is 10.8. The molecule has 0 aliphatic rings. The van der Waals surface area contributed by atoms with E-state index in [2.05, 4.69) is 32.9 Å². The molecule has 0 saturated carbocycles. The first-order valence-corrected chi connectivity index (χ1v) is 7.96. The second-order valence-electron chi connectivity index (χ2n) is 4.82. The van der Waals surface area contributed by atoms with E-state index in [0.717, 1.165) is 30.4 Å². The van der Waals surface area contributed by atoms with Gasteiger partial charge in [0.2, 0.25) is 0 Å². The van der Waals surface area contributed by atoms with Crippen LogP contribution in [0.3, 0.4) is 0 Å². The van der Waals surface area contributed by atoms with Gasteiger partial charge >= 0.3 is 5.97 Å². The van der Waals surface area contributed by atoms with Crippen LogP contribution < -0.4 is 0 Å². The third-order valence-corrected chi connectivity index (χ3v) is 4.56. The van der Waals surface area contributed by atoms with Gasteiger partial charge in [0.05, 0.1) is 0 Å². The van der Waals surface area contributed by atoms with E-state index in [0.29, 0.717) is 4.88 Å². The summed E-state index contributed by atoms with van der Waals surface area (Å²) < 4.78 is 0. The summed E-state index contributed by atoms with van der Waals surface area (Å²) in [5, 5.41) is 11.2. The fourth-order valence-electron chi connectivity index (χ4n) is 2.62. The summed E-state index contributed by atoms with van der Waals surface area (Å²) in [7, 11) is 0. The van der Waals surface area contributed by atoms with E-state index < -0.39 is 5.97 Å². The van der Waals surface area contributed by atoms with E-state index >= 15 is 0 Å². The molecular formula is C17H20O2S. The molecule has 0 spiro atoms. The van der Waals surface area contributed by atoms with Gasteiger partial charge in [-0.25, -0.2) is 4.79 Å². The minimum Gasteiger partial charge on any atom is -0.477 e. The third kappa shape index (κ3) is 2.63. The van der Waals surface area contributed by atoms with Crippen molar-refractivity contribution in [2.45, 2.75) is 40.0 Å². The Balaban J connectivity index is 2.71. The molecule has 0 amide bonds. The molecule has 1 aromatic heterocycles. The Morgan fingerprint density at radius 2 is 1.70 bits per heavy atom. The summed E-state index contributed by atoms with van der Waals surface area (Å²) in [4.78, 5) is 11.8. The quantitative estimate of drug-likeness (QED) is 0.858.